The average molecular weight is 853 g/mol. The molecule has 11 aromatic rings. The molecule has 12 rings (SSSR count). The minimum atomic E-state index is 0.862. The highest BCUT2D eigenvalue weighted by Gasteiger charge is 2.24. The summed E-state index contributed by atoms with van der Waals surface area (Å²) in [7, 11) is 0. The van der Waals surface area contributed by atoms with Crippen LogP contribution in [0.3, 0.4) is 0 Å². The van der Waals surface area contributed by atoms with Crippen LogP contribution in [0, 0.1) is 6.92 Å². The molecule has 0 N–H and O–H groups in total. The minimum Gasteiger partial charge on any atom is -0.310 e. The molecule has 5 aromatic heterocycles. The lowest BCUT2D eigenvalue weighted by Crippen LogP contribution is -2.19. The van der Waals surface area contributed by atoms with Crippen molar-refractivity contribution in [2.45, 2.75) is 20.8 Å². The fourth-order valence-corrected chi connectivity index (χ4v) is 9.19. The maximum absolute atomic E-state index is 5.09. The van der Waals surface area contributed by atoms with Crippen LogP contribution >= 0.6 is 0 Å². The standard InChI is InChI=1S/C56H38N8.C2H6/c1-3-43(28-40-22-19-37-10-7-25-57-52(37)36(40)2)62-44-13-4-15-46(31-44)63(50-29-41-23-20-38-11-8-26-58-53(38)55(41)60-34-50)48-17-6-18-49(33-48)64(47-16-5-14-45(62)32-47)51-30-42-24-21-39-12-9-27-59-54(39)56(42)61-35-51;1-2/h3-35H,1H2,2H3;1-2H3/b43-28+;. The van der Waals surface area contributed by atoms with E-state index in [4.69, 9.17) is 24.9 Å². The van der Waals surface area contributed by atoms with Gasteiger partial charge in [0.1, 0.15) is 0 Å². The Labute approximate surface area is 383 Å². The van der Waals surface area contributed by atoms with Gasteiger partial charge in [-0.25, -0.2) is 0 Å². The molecule has 66 heavy (non-hydrogen) atoms. The number of hydrogen-bond donors (Lipinski definition) is 0. The SMILES string of the molecule is C=C/C(=C\c1ccc2cccnc2c1C)N1c2cccc(c2)N(c2cnc3c(ccc4cccnc43)c2)c2cccc(c2)N(c2cnc3c(ccc4cccnc43)c2)c2cccc1c2.CC. The van der Waals surface area contributed by atoms with Crippen molar-refractivity contribution >= 4 is 106 Å². The van der Waals surface area contributed by atoms with Crippen molar-refractivity contribution in [2.75, 3.05) is 14.7 Å². The smallest absolute Gasteiger partial charge is 0.0966 e. The van der Waals surface area contributed by atoms with Gasteiger partial charge in [-0.3, -0.25) is 24.9 Å². The van der Waals surface area contributed by atoms with Crippen molar-refractivity contribution in [3.05, 3.63) is 218 Å². The largest absolute Gasteiger partial charge is 0.310 e. The van der Waals surface area contributed by atoms with Crippen LogP contribution in [0.25, 0.3) is 60.6 Å². The number of fused-ring (bicyclic) bond motifs is 13. The first-order chi connectivity index (χ1) is 32.6. The summed E-state index contributed by atoms with van der Waals surface area (Å²) in [5.74, 6) is 0. The second-order valence-corrected chi connectivity index (χ2v) is 16.0. The van der Waals surface area contributed by atoms with Gasteiger partial charge in [-0.05, 0) is 115 Å². The molecule has 0 fully saturated rings. The van der Waals surface area contributed by atoms with Crippen LogP contribution in [0.2, 0.25) is 0 Å². The van der Waals surface area contributed by atoms with Gasteiger partial charge in [0.25, 0.3) is 0 Å². The van der Waals surface area contributed by atoms with E-state index in [0.717, 1.165) is 117 Å². The second-order valence-electron chi connectivity index (χ2n) is 16.0. The van der Waals surface area contributed by atoms with Crippen molar-refractivity contribution < 1.29 is 0 Å². The highest BCUT2D eigenvalue weighted by atomic mass is 15.2. The molecule has 0 amide bonds. The number of aromatic nitrogens is 5. The summed E-state index contributed by atoms with van der Waals surface area (Å²) in [5.41, 5.74) is 15.1. The van der Waals surface area contributed by atoms with Gasteiger partial charge in [0.05, 0.1) is 51.4 Å². The predicted octanol–water partition coefficient (Wildman–Crippen LogP) is 15.4. The van der Waals surface area contributed by atoms with Gasteiger partial charge in [0.15, 0.2) is 0 Å². The summed E-state index contributed by atoms with van der Waals surface area (Å²) in [5, 5.41) is 5.22. The van der Waals surface area contributed by atoms with E-state index in [-0.39, 0.29) is 0 Å². The zero-order chi connectivity index (χ0) is 44.7. The van der Waals surface area contributed by atoms with Crippen molar-refractivity contribution in [3.8, 4) is 0 Å². The quantitative estimate of drug-likeness (QED) is 0.125. The molecule has 316 valence electrons. The molecule has 6 aromatic carbocycles. The highest BCUT2D eigenvalue weighted by Crippen LogP contribution is 2.45. The summed E-state index contributed by atoms with van der Waals surface area (Å²) in [6.07, 6.45) is 13.6. The molecule has 6 bridgehead atoms. The lowest BCUT2D eigenvalue weighted by Gasteiger charge is -2.33. The summed E-state index contributed by atoms with van der Waals surface area (Å²) >= 11 is 0. The van der Waals surface area contributed by atoms with Crippen LogP contribution in [0.15, 0.2) is 207 Å². The molecule has 0 atom stereocenters. The van der Waals surface area contributed by atoms with E-state index in [1.807, 2.05) is 69.1 Å². The lowest BCUT2D eigenvalue weighted by molar-refractivity contribution is 1.18. The van der Waals surface area contributed by atoms with Crippen molar-refractivity contribution in [1.29, 1.82) is 0 Å². The van der Waals surface area contributed by atoms with E-state index >= 15 is 0 Å². The van der Waals surface area contributed by atoms with Gasteiger partial charge in [-0.2, -0.15) is 0 Å². The third kappa shape index (κ3) is 6.92. The van der Waals surface area contributed by atoms with E-state index in [1.165, 1.54) is 0 Å². The van der Waals surface area contributed by atoms with E-state index in [9.17, 15) is 0 Å². The fourth-order valence-electron chi connectivity index (χ4n) is 9.19. The minimum absolute atomic E-state index is 0.862. The number of aryl methyl sites for hydroxylation is 1. The Balaban J connectivity index is 0.00000238. The van der Waals surface area contributed by atoms with Gasteiger partial charge in [0.2, 0.25) is 0 Å². The number of allylic oxidation sites excluding steroid dienone is 1. The van der Waals surface area contributed by atoms with E-state index in [2.05, 4.69) is 174 Å². The van der Waals surface area contributed by atoms with E-state index in [0.29, 0.717) is 0 Å². The molecule has 0 saturated heterocycles. The van der Waals surface area contributed by atoms with Gasteiger partial charge in [-0.1, -0.05) is 93.2 Å². The zero-order valence-corrected chi connectivity index (χ0v) is 36.8. The number of nitrogens with zero attached hydrogens (tertiary/aromatic N) is 8. The molecule has 6 heterocycles. The molecule has 1 aliphatic heterocycles. The Morgan fingerprint density at radius 2 is 0.803 bits per heavy atom. The van der Waals surface area contributed by atoms with Crippen LogP contribution in [0.4, 0.5) is 45.5 Å². The first-order valence-electron chi connectivity index (χ1n) is 22.2. The molecule has 0 aliphatic carbocycles. The Morgan fingerprint density at radius 1 is 0.409 bits per heavy atom. The summed E-state index contributed by atoms with van der Waals surface area (Å²) in [4.78, 5) is 31.2. The molecule has 1 aliphatic rings. The second kappa shape index (κ2) is 16.7. The third-order valence-corrected chi connectivity index (χ3v) is 12.2. The maximum Gasteiger partial charge on any atom is 0.0966 e. The number of rotatable bonds is 5. The normalized spacial score (nSPS) is 12.5. The lowest BCUT2D eigenvalue weighted by atomic mass is 10.0. The molecule has 0 radical (unpaired) electrons. The maximum atomic E-state index is 5.09. The highest BCUT2D eigenvalue weighted by molar-refractivity contribution is 6.05. The van der Waals surface area contributed by atoms with Crippen LogP contribution in [0.1, 0.15) is 25.0 Å². The molecular formula is C58H44N8. The Kier molecular flexibility index (Phi) is 10.2. The van der Waals surface area contributed by atoms with Gasteiger partial charge < -0.3 is 14.7 Å². The third-order valence-electron chi connectivity index (χ3n) is 12.2. The van der Waals surface area contributed by atoms with Crippen LogP contribution < -0.4 is 14.7 Å². The van der Waals surface area contributed by atoms with Crippen molar-refractivity contribution in [2.24, 2.45) is 0 Å². The predicted molar refractivity (Wildman–Crippen MR) is 275 cm³/mol. The number of anilines is 8. The van der Waals surface area contributed by atoms with Crippen LogP contribution in [-0.4, -0.2) is 24.9 Å². The van der Waals surface area contributed by atoms with Gasteiger partial charge in [-0.15, -0.1) is 0 Å². The summed E-state index contributed by atoms with van der Waals surface area (Å²) < 4.78 is 0. The first kappa shape index (κ1) is 40.1. The fraction of sp³-hybridized carbons (Fsp3) is 0.0517. The van der Waals surface area contributed by atoms with E-state index in [1.54, 1.807) is 0 Å². The molecule has 8 nitrogen and oxygen atoms in total. The Hall–Kier alpha value is -8.75. The Morgan fingerprint density at radius 3 is 1.29 bits per heavy atom. The average Bonchev–Trinajstić information content (AvgIpc) is 3.37. The number of pyridine rings is 5. The van der Waals surface area contributed by atoms with Gasteiger partial charge >= 0.3 is 0 Å². The van der Waals surface area contributed by atoms with Crippen molar-refractivity contribution in [3.63, 3.8) is 0 Å². The number of benzene rings is 6. The monoisotopic (exact) mass is 852 g/mol. The number of hydrogen-bond acceptors (Lipinski definition) is 8. The molecule has 8 heteroatoms. The molecular weight excluding hydrogens is 809 g/mol. The van der Waals surface area contributed by atoms with E-state index < -0.39 is 0 Å². The van der Waals surface area contributed by atoms with Crippen LogP contribution in [-0.2, 0) is 0 Å². The summed E-state index contributed by atoms with van der Waals surface area (Å²) in [6, 6.07) is 55.4. The van der Waals surface area contributed by atoms with Gasteiger partial charge in [0, 0.05) is 85.3 Å². The molecule has 0 spiro atoms. The Bertz CT molecular complexity index is 3520. The summed E-state index contributed by atoms with van der Waals surface area (Å²) in [6.45, 7) is 10.5. The molecule has 0 unspecified atom stereocenters. The first-order valence-corrected chi connectivity index (χ1v) is 22.2. The van der Waals surface area contributed by atoms with Crippen LogP contribution in [0.5, 0.6) is 0 Å². The molecule has 0 saturated carbocycles. The topological polar surface area (TPSA) is 74.2 Å². The zero-order valence-electron chi connectivity index (χ0n) is 36.8. The van der Waals surface area contributed by atoms with Crippen molar-refractivity contribution in [1.82, 2.24) is 24.9 Å².